The largest absolute Gasteiger partial charge is 0.495 e. The summed E-state index contributed by atoms with van der Waals surface area (Å²) in [5, 5.41) is 8.03. The molecule has 2 aromatic heterocycles. The molecule has 1 fully saturated rings. The van der Waals surface area contributed by atoms with Crippen molar-refractivity contribution in [2.24, 2.45) is 0 Å². The van der Waals surface area contributed by atoms with Gasteiger partial charge in [0.15, 0.2) is 11.6 Å². The zero-order valence-corrected chi connectivity index (χ0v) is 13.0. The first kappa shape index (κ1) is 14.2. The molecule has 0 radical (unpaired) electrons. The summed E-state index contributed by atoms with van der Waals surface area (Å²) in [6, 6.07) is 3.14. The van der Waals surface area contributed by atoms with Gasteiger partial charge in [-0.1, -0.05) is 16.8 Å². The van der Waals surface area contributed by atoms with E-state index in [1.54, 1.807) is 24.5 Å². The van der Waals surface area contributed by atoms with Gasteiger partial charge in [0.2, 0.25) is 0 Å². The van der Waals surface area contributed by atoms with Crippen LogP contribution in [0.4, 0.5) is 4.39 Å². The number of benzene rings is 1. The Labute approximate surface area is 136 Å². The number of imidazole rings is 1. The summed E-state index contributed by atoms with van der Waals surface area (Å²) in [6.07, 6.45) is 7.48. The Kier molecular flexibility index (Phi) is 3.30. The molecule has 1 saturated carbocycles. The van der Waals surface area contributed by atoms with E-state index >= 15 is 0 Å². The highest BCUT2D eigenvalue weighted by Gasteiger charge is 2.29. The predicted molar refractivity (Wildman–Crippen MR) is 82.0 cm³/mol. The summed E-state index contributed by atoms with van der Waals surface area (Å²) in [4.78, 5) is 4.37. The molecule has 0 N–H and O–H groups in total. The van der Waals surface area contributed by atoms with Crippen LogP contribution in [-0.4, -0.2) is 31.7 Å². The van der Waals surface area contributed by atoms with Gasteiger partial charge in [-0.15, -0.1) is 5.10 Å². The quantitative estimate of drug-likeness (QED) is 0.736. The summed E-state index contributed by atoms with van der Waals surface area (Å²) >= 11 is 5.95. The van der Waals surface area contributed by atoms with Crippen LogP contribution in [0.15, 0.2) is 30.7 Å². The van der Waals surface area contributed by atoms with Crippen LogP contribution in [0.25, 0.3) is 11.5 Å². The van der Waals surface area contributed by atoms with Gasteiger partial charge in [0.1, 0.15) is 22.3 Å². The van der Waals surface area contributed by atoms with E-state index in [1.807, 2.05) is 10.8 Å². The molecule has 0 spiro atoms. The Morgan fingerprint density at radius 1 is 1.35 bits per heavy atom. The molecule has 2 heterocycles. The van der Waals surface area contributed by atoms with Crippen molar-refractivity contribution in [3.05, 3.63) is 47.4 Å². The van der Waals surface area contributed by atoms with Crippen LogP contribution in [0.3, 0.4) is 0 Å². The van der Waals surface area contributed by atoms with Gasteiger partial charge in [0.05, 0.1) is 13.3 Å². The first-order valence-corrected chi connectivity index (χ1v) is 7.55. The fourth-order valence-electron chi connectivity index (χ4n) is 2.49. The summed E-state index contributed by atoms with van der Waals surface area (Å²) < 4.78 is 22.6. The molecule has 23 heavy (non-hydrogen) atoms. The highest BCUT2D eigenvalue weighted by molar-refractivity contribution is 6.32. The van der Waals surface area contributed by atoms with E-state index in [0.717, 1.165) is 18.7 Å². The van der Waals surface area contributed by atoms with E-state index in [9.17, 15) is 4.39 Å². The van der Waals surface area contributed by atoms with Gasteiger partial charge in [-0.05, 0) is 25.0 Å². The van der Waals surface area contributed by atoms with Gasteiger partial charge in [-0.25, -0.2) is 14.1 Å². The molecular weight excluding hydrogens is 321 g/mol. The van der Waals surface area contributed by atoms with Gasteiger partial charge in [0, 0.05) is 18.3 Å². The predicted octanol–water partition coefficient (Wildman–Crippen LogP) is 3.13. The van der Waals surface area contributed by atoms with Gasteiger partial charge < -0.3 is 4.74 Å². The van der Waals surface area contributed by atoms with Crippen molar-refractivity contribution in [3.63, 3.8) is 0 Å². The number of rotatable bonds is 4. The summed E-state index contributed by atoms with van der Waals surface area (Å²) in [7, 11) is 1.44. The van der Waals surface area contributed by atoms with Crippen molar-refractivity contribution in [1.82, 2.24) is 24.5 Å². The monoisotopic (exact) mass is 333 g/mol. The minimum atomic E-state index is -0.601. The van der Waals surface area contributed by atoms with Crippen molar-refractivity contribution in [1.29, 1.82) is 0 Å². The molecule has 3 aromatic rings. The molecular formula is C15H13ClFN5O. The van der Waals surface area contributed by atoms with E-state index < -0.39 is 5.82 Å². The van der Waals surface area contributed by atoms with Crippen LogP contribution in [0.5, 0.6) is 5.75 Å². The first-order chi connectivity index (χ1) is 11.2. The average molecular weight is 334 g/mol. The molecule has 0 atom stereocenters. The minimum Gasteiger partial charge on any atom is -0.495 e. The Morgan fingerprint density at radius 2 is 2.17 bits per heavy atom. The molecule has 1 aliphatic rings. The molecule has 0 unspecified atom stereocenters. The maximum absolute atomic E-state index is 14.4. The summed E-state index contributed by atoms with van der Waals surface area (Å²) in [6.45, 7) is 0. The molecule has 0 aliphatic heterocycles. The molecule has 8 heteroatoms. The lowest BCUT2D eigenvalue weighted by Gasteiger charge is -2.07. The first-order valence-electron chi connectivity index (χ1n) is 7.17. The van der Waals surface area contributed by atoms with Crippen LogP contribution < -0.4 is 4.74 Å². The second-order valence-electron chi connectivity index (χ2n) is 5.37. The van der Waals surface area contributed by atoms with Gasteiger partial charge in [-0.2, -0.15) is 0 Å². The zero-order valence-electron chi connectivity index (χ0n) is 12.3. The second kappa shape index (κ2) is 5.34. The van der Waals surface area contributed by atoms with Crippen LogP contribution >= 0.6 is 11.6 Å². The van der Waals surface area contributed by atoms with E-state index in [0.29, 0.717) is 11.7 Å². The summed E-state index contributed by atoms with van der Waals surface area (Å²) in [5.74, 6) is 1.71. The fraction of sp³-hybridized carbons (Fsp3) is 0.267. The number of aromatic nitrogens is 5. The van der Waals surface area contributed by atoms with Crippen molar-refractivity contribution >= 4 is 11.6 Å². The van der Waals surface area contributed by atoms with Crippen molar-refractivity contribution in [2.75, 3.05) is 7.11 Å². The van der Waals surface area contributed by atoms with Crippen LogP contribution in [0.1, 0.15) is 24.6 Å². The fourth-order valence-corrected chi connectivity index (χ4v) is 2.73. The lowest BCUT2D eigenvalue weighted by molar-refractivity contribution is 0.411. The van der Waals surface area contributed by atoms with Gasteiger partial charge >= 0.3 is 0 Å². The smallest absolute Gasteiger partial charge is 0.181 e. The van der Waals surface area contributed by atoms with Crippen LogP contribution in [0, 0.1) is 5.82 Å². The van der Waals surface area contributed by atoms with E-state index in [1.165, 1.54) is 11.8 Å². The average Bonchev–Trinajstić information content (AvgIpc) is 3.10. The highest BCUT2D eigenvalue weighted by atomic mass is 35.5. The van der Waals surface area contributed by atoms with Crippen LogP contribution in [0.2, 0.25) is 5.02 Å². The summed E-state index contributed by atoms with van der Waals surface area (Å²) in [5.41, 5.74) is 0.211. The lowest BCUT2D eigenvalue weighted by atomic mass is 10.3. The zero-order chi connectivity index (χ0) is 16.0. The SMILES string of the molecule is COc1ccc(-n2cc(-n3ccnc3C3CC3)nn2)c(F)c1Cl. The number of methoxy groups -OCH3 is 1. The maximum atomic E-state index is 14.4. The lowest BCUT2D eigenvalue weighted by Crippen LogP contribution is -2.01. The molecule has 0 saturated heterocycles. The molecule has 1 aromatic carbocycles. The molecule has 0 amide bonds. The molecule has 118 valence electrons. The number of hydrogen-bond acceptors (Lipinski definition) is 4. The molecule has 0 bridgehead atoms. The third kappa shape index (κ3) is 2.37. The normalized spacial score (nSPS) is 14.2. The van der Waals surface area contributed by atoms with Gasteiger partial charge in [-0.3, -0.25) is 4.57 Å². The van der Waals surface area contributed by atoms with Crippen molar-refractivity contribution in [3.8, 4) is 17.3 Å². The van der Waals surface area contributed by atoms with E-state index in [4.69, 9.17) is 16.3 Å². The van der Waals surface area contributed by atoms with Crippen molar-refractivity contribution < 1.29 is 9.13 Å². The number of halogens is 2. The van der Waals surface area contributed by atoms with E-state index in [2.05, 4.69) is 15.3 Å². The standard InChI is InChI=1S/C15H13ClFN5O/c1-23-11-5-4-10(14(17)13(11)16)22-8-12(19-20-22)21-7-6-18-15(21)9-2-3-9/h4-9H,2-3H2,1H3. The van der Waals surface area contributed by atoms with Crippen molar-refractivity contribution in [2.45, 2.75) is 18.8 Å². The number of hydrogen-bond donors (Lipinski definition) is 0. The minimum absolute atomic E-state index is 0.0802. The Morgan fingerprint density at radius 3 is 2.91 bits per heavy atom. The number of nitrogens with zero attached hydrogens (tertiary/aromatic N) is 5. The molecule has 4 rings (SSSR count). The molecule has 6 nitrogen and oxygen atoms in total. The maximum Gasteiger partial charge on any atom is 0.181 e. The Balaban J connectivity index is 1.73. The van der Waals surface area contributed by atoms with Gasteiger partial charge in [0.25, 0.3) is 0 Å². The Bertz CT molecular complexity index is 871. The highest BCUT2D eigenvalue weighted by Crippen LogP contribution is 2.39. The Hall–Kier alpha value is -2.41. The second-order valence-corrected chi connectivity index (χ2v) is 5.74. The number of ether oxygens (including phenoxy) is 1. The third-order valence-electron chi connectivity index (χ3n) is 3.83. The topological polar surface area (TPSA) is 57.8 Å². The molecule has 1 aliphatic carbocycles. The van der Waals surface area contributed by atoms with Crippen LogP contribution in [-0.2, 0) is 0 Å². The third-order valence-corrected chi connectivity index (χ3v) is 4.19. The van der Waals surface area contributed by atoms with E-state index in [-0.39, 0.29) is 16.5 Å².